The van der Waals surface area contributed by atoms with E-state index in [0.29, 0.717) is 25.4 Å². The van der Waals surface area contributed by atoms with Crippen LogP contribution in [0, 0.1) is 13.8 Å². The fourth-order valence-electron chi connectivity index (χ4n) is 4.45. The van der Waals surface area contributed by atoms with Gasteiger partial charge in [0.05, 0.1) is 13.0 Å². The molecule has 1 fully saturated rings. The van der Waals surface area contributed by atoms with Crippen LogP contribution in [0.25, 0.3) is 0 Å². The van der Waals surface area contributed by atoms with Crippen LogP contribution in [0.4, 0.5) is 0 Å². The van der Waals surface area contributed by atoms with E-state index in [2.05, 4.69) is 12.2 Å². The highest BCUT2D eigenvalue weighted by Crippen LogP contribution is 2.22. The van der Waals surface area contributed by atoms with Gasteiger partial charge in [0, 0.05) is 13.1 Å². The Balaban J connectivity index is 1.69. The molecular formula is C28H44N2O5. The van der Waals surface area contributed by atoms with Crippen molar-refractivity contribution < 1.29 is 23.9 Å². The Labute approximate surface area is 210 Å². The molecule has 1 N–H and O–H groups in total. The fourth-order valence-corrected chi connectivity index (χ4v) is 4.45. The molecule has 2 amide bonds. The Morgan fingerprint density at radius 2 is 1.57 bits per heavy atom. The third kappa shape index (κ3) is 10.3. The molecule has 0 aromatic heterocycles. The van der Waals surface area contributed by atoms with Gasteiger partial charge in [0.2, 0.25) is 5.91 Å². The summed E-state index contributed by atoms with van der Waals surface area (Å²) >= 11 is 0. The first kappa shape index (κ1) is 28.7. The van der Waals surface area contributed by atoms with Crippen LogP contribution in [0.5, 0.6) is 5.75 Å². The third-order valence-electron chi connectivity index (χ3n) is 6.52. The van der Waals surface area contributed by atoms with Gasteiger partial charge >= 0.3 is 5.97 Å². The topological polar surface area (TPSA) is 84.9 Å². The lowest BCUT2D eigenvalue weighted by molar-refractivity contribution is -0.152. The minimum absolute atomic E-state index is 0.140. The Bertz CT molecular complexity index is 790. The molecule has 1 aliphatic rings. The molecule has 0 saturated carbocycles. The van der Waals surface area contributed by atoms with Crippen LogP contribution in [0.2, 0.25) is 0 Å². The van der Waals surface area contributed by atoms with Crippen LogP contribution in [0.1, 0.15) is 88.7 Å². The number of nitrogens with zero attached hydrogens (tertiary/aromatic N) is 1. The summed E-state index contributed by atoms with van der Waals surface area (Å²) in [5, 5.41) is 2.74. The maximum atomic E-state index is 12.9. The van der Waals surface area contributed by atoms with Gasteiger partial charge < -0.3 is 19.7 Å². The van der Waals surface area contributed by atoms with Gasteiger partial charge in [-0.2, -0.15) is 0 Å². The number of benzene rings is 1. The largest absolute Gasteiger partial charge is 0.483 e. The second-order valence-electron chi connectivity index (χ2n) is 9.51. The lowest BCUT2D eigenvalue weighted by atomic mass is 10.1. The van der Waals surface area contributed by atoms with Gasteiger partial charge in [0.15, 0.2) is 6.61 Å². The van der Waals surface area contributed by atoms with Gasteiger partial charge in [-0.05, 0) is 31.4 Å². The van der Waals surface area contributed by atoms with Crippen molar-refractivity contribution >= 4 is 17.8 Å². The third-order valence-corrected chi connectivity index (χ3v) is 6.52. The molecule has 1 aromatic carbocycles. The zero-order valence-electron chi connectivity index (χ0n) is 21.9. The van der Waals surface area contributed by atoms with E-state index >= 15 is 0 Å². The highest BCUT2D eigenvalue weighted by atomic mass is 16.5. The van der Waals surface area contributed by atoms with Crippen LogP contribution < -0.4 is 10.1 Å². The Morgan fingerprint density at radius 1 is 0.971 bits per heavy atom. The number of carbonyl (C=O) groups excluding carboxylic acids is 3. The number of hydrogen-bond donors (Lipinski definition) is 1. The standard InChI is InChI=1S/C28H44N2O5/c1-4-5-6-7-8-9-10-11-12-13-19-34-26(32)20-24-28(33)29-17-18-30(24)25(31)21-35-27-22(2)15-14-16-23(27)3/h14-16,24H,4-13,17-21H2,1-3H3,(H,29,33). The highest BCUT2D eigenvalue weighted by molar-refractivity contribution is 5.92. The Hall–Kier alpha value is -2.57. The number of piperazine rings is 1. The summed E-state index contributed by atoms with van der Waals surface area (Å²) in [6.45, 7) is 6.96. The molecule has 0 radical (unpaired) electrons. The van der Waals surface area contributed by atoms with E-state index in [0.717, 1.165) is 30.4 Å². The van der Waals surface area contributed by atoms with Crippen molar-refractivity contribution in [3.05, 3.63) is 29.3 Å². The van der Waals surface area contributed by atoms with E-state index < -0.39 is 12.0 Å². The summed E-state index contributed by atoms with van der Waals surface area (Å²) in [4.78, 5) is 39.1. The van der Waals surface area contributed by atoms with Gasteiger partial charge in [0.25, 0.3) is 5.91 Å². The minimum Gasteiger partial charge on any atom is -0.483 e. The lowest BCUT2D eigenvalue weighted by Crippen LogP contribution is -2.58. The van der Waals surface area contributed by atoms with Crippen LogP contribution >= 0.6 is 0 Å². The van der Waals surface area contributed by atoms with Crippen molar-refractivity contribution in [2.45, 2.75) is 97.4 Å². The van der Waals surface area contributed by atoms with Gasteiger partial charge in [-0.1, -0.05) is 82.9 Å². The molecule has 7 nitrogen and oxygen atoms in total. The number of carbonyl (C=O) groups is 3. The molecule has 7 heteroatoms. The van der Waals surface area contributed by atoms with E-state index in [4.69, 9.17) is 9.47 Å². The summed E-state index contributed by atoms with van der Waals surface area (Å²) in [6.07, 6.45) is 12.0. The van der Waals surface area contributed by atoms with Crippen molar-refractivity contribution in [1.82, 2.24) is 10.2 Å². The molecule has 196 valence electrons. The van der Waals surface area contributed by atoms with Crippen molar-refractivity contribution in [3.63, 3.8) is 0 Å². The average molecular weight is 489 g/mol. The van der Waals surface area contributed by atoms with Gasteiger partial charge in [-0.3, -0.25) is 14.4 Å². The number of rotatable bonds is 16. The SMILES string of the molecule is CCCCCCCCCCCCOC(=O)CC1C(=O)NCCN1C(=O)COc1c(C)cccc1C. The molecule has 1 heterocycles. The van der Waals surface area contributed by atoms with Crippen LogP contribution in [-0.2, 0) is 19.1 Å². The number of unbranched alkanes of at least 4 members (excludes halogenated alkanes) is 9. The van der Waals surface area contributed by atoms with Gasteiger partial charge in [-0.25, -0.2) is 0 Å². The van der Waals surface area contributed by atoms with Crippen LogP contribution in [-0.4, -0.2) is 55.0 Å². The number of amides is 2. The van der Waals surface area contributed by atoms with Gasteiger partial charge in [0.1, 0.15) is 11.8 Å². The monoisotopic (exact) mass is 488 g/mol. The number of nitrogens with one attached hydrogen (secondary N) is 1. The summed E-state index contributed by atoms with van der Waals surface area (Å²) in [7, 11) is 0. The van der Waals surface area contributed by atoms with Crippen molar-refractivity contribution in [3.8, 4) is 5.75 Å². The zero-order valence-corrected chi connectivity index (χ0v) is 21.9. The second kappa shape index (κ2) is 16.2. The number of ether oxygens (including phenoxy) is 2. The van der Waals surface area contributed by atoms with E-state index in [1.807, 2.05) is 32.0 Å². The maximum Gasteiger partial charge on any atom is 0.308 e. The number of aryl methyl sites for hydroxylation is 2. The molecule has 0 bridgehead atoms. The quantitative estimate of drug-likeness (QED) is 0.265. The van der Waals surface area contributed by atoms with Crippen LogP contribution in [0.15, 0.2) is 18.2 Å². The molecule has 2 rings (SSSR count). The summed E-state index contributed by atoms with van der Waals surface area (Å²) in [5.74, 6) is -0.409. The fraction of sp³-hybridized carbons (Fsp3) is 0.679. The normalized spacial score (nSPS) is 15.6. The minimum atomic E-state index is -0.863. The second-order valence-corrected chi connectivity index (χ2v) is 9.51. The number of hydrogen-bond acceptors (Lipinski definition) is 5. The summed E-state index contributed by atoms with van der Waals surface area (Å²) in [6, 6.07) is 4.92. The molecule has 0 aliphatic carbocycles. The molecule has 0 spiro atoms. The number of para-hydroxylation sites is 1. The van der Waals surface area contributed by atoms with E-state index in [1.165, 1.54) is 49.8 Å². The van der Waals surface area contributed by atoms with Crippen molar-refractivity contribution in [2.75, 3.05) is 26.3 Å². The molecule has 1 aliphatic heterocycles. The Kier molecular flexibility index (Phi) is 13.2. The van der Waals surface area contributed by atoms with E-state index in [-0.39, 0.29) is 24.8 Å². The first-order valence-corrected chi connectivity index (χ1v) is 13.4. The molecule has 1 atom stereocenters. The predicted molar refractivity (Wildman–Crippen MR) is 137 cm³/mol. The van der Waals surface area contributed by atoms with E-state index in [1.54, 1.807) is 0 Å². The smallest absolute Gasteiger partial charge is 0.308 e. The maximum absolute atomic E-state index is 12.9. The zero-order chi connectivity index (χ0) is 25.5. The van der Waals surface area contributed by atoms with Gasteiger partial charge in [-0.15, -0.1) is 0 Å². The first-order valence-electron chi connectivity index (χ1n) is 13.4. The van der Waals surface area contributed by atoms with Crippen molar-refractivity contribution in [2.24, 2.45) is 0 Å². The lowest BCUT2D eigenvalue weighted by Gasteiger charge is -2.34. The first-order chi connectivity index (χ1) is 16.9. The summed E-state index contributed by atoms with van der Waals surface area (Å²) < 4.78 is 11.1. The molecule has 1 saturated heterocycles. The number of esters is 1. The molecule has 1 unspecified atom stereocenters. The predicted octanol–water partition coefficient (Wildman–Crippen LogP) is 4.86. The van der Waals surface area contributed by atoms with E-state index in [9.17, 15) is 14.4 Å². The molecule has 35 heavy (non-hydrogen) atoms. The summed E-state index contributed by atoms with van der Waals surface area (Å²) in [5.41, 5.74) is 1.89. The van der Waals surface area contributed by atoms with Crippen LogP contribution in [0.3, 0.4) is 0 Å². The average Bonchev–Trinajstić information content (AvgIpc) is 2.83. The van der Waals surface area contributed by atoms with Crippen molar-refractivity contribution in [1.29, 1.82) is 0 Å². The molecule has 1 aromatic rings. The molecular weight excluding hydrogens is 444 g/mol. The Morgan fingerprint density at radius 3 is 2.20 bits per heavy atom. The highest BCUT2D eigenvalue weighted by Gasteiger charge is 2.35.